The maximum atomic E-state index is 6.12. The summed E-state index contributed by atoms with van der Waals surface area (Å²) in [7, 11) is 0. The van der Waals surface area contributed by atoms with E-state index in [1.807, 2.05) is 13.0 Å². The molecule has 0 radical (unpaired) electrons. The van der Waals surface area contributed by atoms with Gasteiger partial charge in [0.05, 0.1) is 11.6 Å². The van der Waals surface area contributed by atoms with Crippen LogP contribution >= 0.6 is 22.9 Å². The number of aryl methyl sites for hydroxylation is 1. The Labute approximate surface area is 92.3 Å². The smallest absolute Gasteiger partial charge is 0.146 e. The highest BCUT2D eigenvalue weighted by Crippen LogP contribution is 2.38. The van der Waals surface area contributed by atoms with Crippen molar-refractivity contribution in [2.24, 2.45) is 0 Å². The van der Waals surface area contributed by atoms with Crippen LogP contribution in [0, 0.1) is 6.92 Å². The van der Waals surface area contributed by atoms with E-state index < -0.39 is 0 Å². The van der Waals surface area contributed by atoms with Crippen molar-refractivity contribution in [3.05, 3.63) is 28.1 Å². The van der Waals surface area contributed by atoms with Crippen molar-refractivity contribution in [1.29, 1.82) is 0 Å². The Balaban J connectivity index is 2.73. The normalized spacial score (nSPS) is 10.8. The molecule has 0 N–H and O–H groups in total. The molecule has 74 valence electrons. The van der Waals surface area contributed by atoms with Crippen molar-refractivity contribution in [1.82, 2.24) is 0 Å². The van der Waals surface area contributed by atoms with Gasteiger partial charge >= 0.3 is 0 Å². The monoisotopic (exact) mass is 226 g/mol. The van der Waals surface area contributed by atoms with Crippen LogP contribution in [-0.2, 0) is 0 Å². The fourth-order valence-corrected chi connectivity index (χ4v) is 2.73. The lowest BCUT2D eigenvalue weighted by atomic mass is 10.2. The molecule has 0 aliphatic carbocycles. The lowest BCUT2D eigenvalue weighted by Gasteiger charge is -2.08. The van der Waals surface area contributed by atoms with Gasteiger partial charge in [-0.05, 0) is 36.9 Å². The van der Waals surface area contributed by atoms with Crippen LogP contribution in [0.5, 0.6) is 5.75 Å². The maximum Gasteiger partial charge on any atom is 0.146 e. The molecular weight excluding hydrogens is 216 g/mol. The standard InChI is InChI=1S/C11H11ClOS/c1-3-13-10-8-4-5-14-11(8)7(2)6-9(10)12/h4-6H,3H2,1-2H3. The molecule has 2 rings (SSSR count). The number of thiophene rings is 1. The summed E-state index contributed by atoms with van der Waals surface area (Å²) < 4.78 is 6.80. The molecule has 0 unspecified atom stereocenters. The van der Waals surface area contributed by atoms with Gasteiger partial charge in [-0.1, -0.05) is 11.6 Å². The topological polar surface area (TPSA) is 9.23 Å². The second-order valence-electron chi connectivity index (χ2n) is 3.10. The third-order valence-corrected chi connectivity index (χ3v) is 3.45. The van der Waals surface area contributed by atoms with Crippen molar-refractivity contribution < 1.29 is 4.74 Å². The first-order valence-electron chi connectivity index (χ1n) is 4.53. The molecule has 0 atom stereocenters. The van der Waals surface area contributed by atoms with E-state index in [0.29, 0.717) is 11.6 Å². The van der Waals surface area contributed by atoms with E-state index in [4.69, 9.17) is 16.3 Å². The van der Waals surface area contributed by atoms with Gasteiger partial charge in [0.1, 0.15) is 5.75 Å². The minimum atomic E-state index is 0.647. The molecule has 1 heterocycles. The van der Waals surface area contributed by atoms with Gasteiger partial charge < -0.3 is 4.74 Å². The summed E-state index contributed by atoms with van der Waals surface area (Å²) in [5, 5.41) is 3.90. The van der Waals surface area contributed by atoms with Gasteiger partial charge in [0.2, 0.25) is 0 Å². The lowest BCUT2D eigenvalue weighted by Crippen LogP contribution is -1.93. The summed E-state index contributed by atoms with van der Waals surface area (Å²) in [4.78, 5) is 0. The molecule has 14 heavy (non-hydrogen) atoms. The third kappa shape index (κ3) is 1.49. The van der Waals surface area contributed by atoms with Crippen LogP contribution in [0.15, 0.2) is 17.5 Å². The van der Waals surface area contributed by atoms with E-state index in [9.17, 15) is 0 Å². The molecule has 0 saturated heterocycles. The van der Waals surface area contributed by atoms with Crippen LogP contribution < -0.4 is 4.74 Å². The summed E-state index contributed by atoms with van der Waals surface area (Å²) >= 11 is 7.85. The first-order chi connectivity index (χ1) is 6.74. The first-order valence-corrected chi connectivity index (χ1v) is 5.79. The van der Waals surface area contributed by atoms with Gasteiger partial charge in [-0.3, -0.25) is 0 Å². The highest BCUT2D eigenvalue weighted by Gasteiger charge is 2.10. The minimum Gasteiger partial charge on any atom is -0.492 e. The summed E-state index contributed by atoms with van der Waals surface area (Å²) in [6.45, 7) is 4.68. The molecule has 1 nitrogen and oxygen atoms in total. The molecule has 1 aromatic carbocycles. The van der Waals surface area contributed by atoms with Crippen LogP contribution in [0.25, 0.3) is 10.1 Å². The quantitative estimate of drug-likeness (QED) is 0.744. The molecule has 0 aliphatic rings. The summed E-state index contributed by atoms with van der Waals surface area (Å²) in [5.41, 5.74) is 1.21. The van der Waals surface area contributed by atoms with E-state index in [2.05, 4.69) is 18.4 Å². The molecule has 0 spiro atoms. The van der Waals surface area contributed by atoms with Crippen LogP contribution in [-0.4, -0.2) is 6.61 Å². The van der Waals surface area contributed by atoms with Crippen LogP contribution in [0.2, 0.25) is 5.02 Å². The Morgan fingerprint density at radius 3 is 3.00 bits per heavy atom. The summed E-state index contributed by atoms with van der Waals surface area (Å²) in [6.07, 6.45) is 0. The Bertz CT molecular complexity index is 462. The molecule has 0 amide bonds. The van der Waals surface area contributed by atoms with Gasteiger partial charge in [-0.2, -0.15) is 0 Å². The van der Waals surface area contributed by atoms with Gasteiger partial charge in [-0.15, -0.1) is 11.3 Å². The zero-order chi connectivity index (χ0) is 10.1. The lowest BCUT2D eigenvalue weighted by molar-refractivity contribution is 0.344. The van der Waals surface area contributed by atoms with Crippen LogP contribution in [0.3, 0.4) is 0 Å². The summed E-state index contributed by atoms with van der Waals surface area (Å²) in [5.74, 6) is 0.816. The molecule has 0 bridgehead atoms. The highest BCUT2D eigenvalue weighted by molar-refractivity contribution is 7.17. The number of fused-ring (bicyclic) bond motifs is 1. The Morgan fingerprint density at radius 1 is 1.50 bits per heavy atom. The van der Waals surface area contributed by atoms with Crippen LogP contribution in [0.4, 0.5) is 0 Å². The number of hydrogen-bond donors (Lipinski definition) is 0. The zero-order valence-electron chi connectivity index (χ0n) is 8.13. The van der Waals surface area contributed by atoms with Crippen molar-refractivity contribution in [2.45, 2.75) is 13.8 Å². The van der Waals surface area contributed by atoms with Crippen molar-refractivity contribution in [3.8, 4) is 5.75 Å². The predicted molar refractivity (Wildman–Crippen MR) is 62.7 cm³/mol. The third-order valence-electron chi connectivity index (χ3n) is 2.12. The van der Waals surface area contributed by atoms with E-state index >= 15 is 0 Å². The van der Waals surface area contributed by atoms with Crippen molar-refractivity contribution in [2.75, 3.05) is 6.61 Å². The molecule has 3 heteroatoms. The highest BCUT2D eigenvalue weighted by atomic mass is 35.5. The molecule has 0 saturated carbocycles. The second-order valence-corrected chi connectivity index (χ2v) is 4.42. The van der Waals surface area contributed by atoms with E-state index in [-0.39, 0.29) is 0 Å². The molecule has 0 aliphatic heterocycles. The maximum absolute atomic E-state index is 6.12. The Kier molecular flexibility index (Phi) is 2.66. The Morgan fingerprint density at radius 2 is 2.29 bits per heavy atom. The zero-order valence-corrected chi connectivity index (χ0v) is 9.71. The van der Waals surface area contributed by atoms with Crippen molar-refractivity contribution >= 4 is 33.0 Å². The Hall–Kier alpha value is -0.730. The number of rotatable bonds is 2. The molecule has 2 aromatic rings. The van der Waals surface area contributed by atoms with Crippen LogP contribution in [0.1, 0.15) is 12.5 Å². The number of halogens is 1. The fraction of sp³-hybridized carbons (Fsp3) is 0.273. The average Bonchev–Trinajstić information content (AvgIpc) is 2.60. The van der Waals surface area contributed by atoms with Gasteiger partial charge in [0.25, 0.3) is 0 Å². The van der Waals surface area contributed by atoms with E-state index in [1.54, 1.807) is 11.3 Å². The second kappa shape index (κ2) is 3.79. The largest absolute Gasteiger partial charge is 0.492 e. The van der Waals surface area contributed by atoms with E-state index in [0.717, 1.165) is 11.1 Å². The van der Waals surface area contributed by atoms with Crippen molar-refractivity contribution in [3.63, 3.8) is 0 Å². The first kappa shape index (κ1) is 9.81. The number of ether oxygens (including phenoxy) is 1. The number of hydrogen-bond acceptors (Lipinski definition) is 2. The SMILES string of the molecule is CCOc1c(Cl)cc(C)c2sccc12. The average molecular weight is 227 g/mol. The summed E-state index contributed by atoms with van der Waals surface area (Å²) in [6, 6.07) is 4.02. The fourth-order valence-electron chi connectivity index (χ4n) is 1.53. The molecule has 0 fully saturated rings. The van der Waals surface area contributed by atoms with Gasteiger partial charge in [0.15, 0.2) is 0 Å². The minimum absolute atomic E-state index is 0.647. The van der Waals surface area contributed by atoms with Gasteiger partial charge in [-0.25, -0.2) is 0 Å². The predicted octanol–water partition coefficient (Wildman–Crippen LogP) is 4.26. The van der Waals surface area contributed by atoms with E-state index in [1.165, 1.54) is 10.3 Å². The molecular formula is C11H11ClOS. The van der Waals surface area contributed by atoms with Gasteiger partial charge in [0, 0.05) is 10.1 Å². The molecule has 1 aromatic heterocycles. The number of benzene rings is 1.